The quantitative estimate of drug-likeness (QED) is 0.166. The monoisotopic (exact) mass is 790 g/mol. The van der Waals surface area contributed by atoms with E-state index in [9.17, 15) is 0 Å². The molecule has 0 bridgehead atoms. The van der Waals surface area contributed by atoms with Gasteiger partial charge in [-0.15, -0.1) is 0 Å². The summed E-state index contributed by atoms with van der Waals surface area (Å²) in [4.78, 5) is 15.4. The lowest BCUT2D eigenvalue weighted by atomic mass is 9.85. The summed E-state index contributed by atoms with van der Waals surface area (Å²) in [6, 6.07) is 71.0. The molecule has 290 valence electrons. The molecule has 4 nitrogen and oxygen atoms in total. The molecular weight excluding hydrogens is 753 g/mol. The highest BCUT2D eigenvalue weighted by Crippen LogP contribution is 2.51. The van der Waals surface area contributed by atoms with Crippen molar-refractivity contribution < 1.29 is 0 Å². The van der Waals surface area contributed by atoms with E-state index in [1.165, 1.54) is 45.0 Å². The number of anilines is 6. The van der Waals surface area contributed by atoms with Gasteiger partial charge in [0.15, 0.2) is 0 Å². The summed E-state index contributed by atoms with van der Waals surface area (Å²) in [6.45, 7) is 0. The molecule has 0 saturated carbocycles. The summed E-state index contributed by atoms with van der Waals surface area (Å²) >= 11 is 0. The fourth-order valence-corrected chi connectivity index (χ4v) is 10.4. The summed E-state index contributed by atoms with van der Waals surface area (Å²) in [5, 5.41) is 9.08. The average Bonchev–Trinajstić information content (AvgIpc) is 3.33. The van der Waals surface area contributed by atoms with E-state index in [4.69, 9.17) is 9.97 Å². The Morgan fingerprint density at radius 2 is 0.661 bits per heavy atom. The standard InChI is InChI=1S/C58H38N4/c1-7-19-45-37(13-1)29-31-59-57(45)55-47-27-25-44(62-53-23-11-5-17-41(53)34-42-18-6-12-24-54(42)62)36-50(47)56(58-46-20-8-2-14-38(46)30-32-60-58)48-28-26-43(35-49(48)55)61-51-21-9-3-15-39(51)33-40-16-4-10-22-52(40)61/h1-32,35-36H,33-34H2. The van der Waals surface area contributed by atoms with Crippen LogP contribution in [0.3, 0.4) is 0 Å². The highest BCUT2D eigenvalue weighted by molar-refractivity contribution is 6.25. The van der Waals surface area contributed by atoms with Gasteiger partial charge in [0.05, 0.1) is 11.4 Å². The number of hydrogen-bond acceptors (Lipinski definition) is 4. The zero-order chi connectivity index (χ0) is 40.7. The van der Waals surface area contributed by atoms with Gasteiger partial charge in [0, 0.05) is 81.3 Å². The van der Waals surface area contributed by atoms with Gasteiger partial charge in [-0.05, 0) is 115 Å². The SMILES string of the molecule is c1ccc2c(c1)Cc1ccccc1N2c1ccc2c(-c3nccc4ccccc34)c3cc(N4c5ccccc5Cc5ccccc54)ccc3c(-c3nccc4ccccc34)c2c1. The lowest BCUT2D eigenvalue weighted by Gasteiger charge is -2.34. The molecule has 4 heteroatoms. The van der Waals surface area contributed by atoms with Crippen LogP contribution in [0.15, 0.2) is 207 Å². The van der Waals surface area contributed by atoms with Gasteiger partial charge >= 0.3 is 0 Å². The van der Waals surface area contributed by atoms with Crippen molar-refractivity contribution in [3.63, 3.8) is 0 Å². The molecule has 9 aromatic carbocycles. The van der Waals surface area contributed by atoms with Crippen molar-refractivity contribution in [2.24, 2.45) is 0 Å². The number of para-hydroxylation sites is 4. The summed E-state index contributed by atoms with van der Waals surface area (Å²) in [7, 11) is 0. The Morgan fingerprint density at radius 1 is 0.306 bits per heavy atom. The van der Waals surface area contributed by atoms with E-state index in [1.54, 1.807) is 0 Å². The second kappa shape index (κ2) is 13.7. The smallest absolute Gasteiger partial charge is 0.0792 e. The van der Waals surface area contributed by atoms with Crippen LogP contribution in [0, 0.1) is 0 Å². The third-order valence-corrected chi connectivity index (χ3v) is 13.1. The van der Waals surface area contributed by atoms with Crippen molar-refractivity contribution in [3.05, 3.63) is 229 Å². The third-order valence-electron chi connectivity index (χ3n) is 13.1. The summed E-state index contributed by atoms with van der Waals surface area (Å²) < 4.78 is 0. The predicted octanol–water partition coefficient (Wildman–Crippen LogP) is 15.2. The van der Waals surface area contributed by atoms with Crippen LogP contribution in [0.25, 0.3) is 65.6 Å². The van der Waals surface area contributed by atoms with Crippen molar-refractivity contribution >= 4 is 77.2 Å². The summed E-state index contributed by atoms with van der Waals surface area (Å²) in [5.74, 6) is 0. The number of nitrogens with zero attached hydrogens (tertiary/aromatic N) is 4. The second-order valence-electron chi connectivity index (χ2n) is 16.5. The molecule has 0 N–H and O–H groups in total. The van der Waals surface area contributed by atoms with E-state index < -0.39 is 0 Å². The molecular formula is C58H38N4. The van der Waals surface area contributed by atoms with Crippen LogP contribution < -0.4 is 9.80 Å². The number of hydrogen-bond donors (Lipinski definition) is 0. The maximum absolute atomic E-state index is 5.28. The minimum atomic E-state index is 0.900. The fourth-order valence-electron chi connectivity index (χ4n) is 10.4. The van der Waals surface area contributed by atoms with E-state index in [1.807, 2.05) is 12.4 Å². The van der Waals surface area contributed by atoms with Crippen molar-refractivity contribution in [1.29, 1.82) is 0 Å². The van der Waals surface area contributed by atoms with Crippen LogP contribution in [0.5, 0.6) is 0 Å². The molecule has 0 aliphatic carbocycles. The first kappa shape index (κ1) is 34.8. The lowest BCUT2D eigenvalue weighted by Crippen LogP contribution is -2.18. The van der Waals surface area contributed by atoms with Crippen LogP contribution in [0.2, 0.25) is 0 Å². The molecule has 2 aliphatic heterocycles. The molecule has 0 radical (unpaired) electrons. The van der Waals surface area contributed by atoms with Crippen molar-refractivity contribution in [2.75, 3.05) is 9.80 Å². The Kier molecular flexibility index (Phi) is 7.70. The molecule has 0 atom stereocenters. The maximum Gasteiger partial charge on any atom is 0.0792 e. The summed E-state index contributed by atoms with van der Waals surface area (Å²) in [6.07, 6.45) is 5.73. The van der Waals surface area contributed by atoms with Gasteiger partial charge in [-0.3, -0.25) is 9.97 Å². The second-order valence-corrected chi connectivity index (χ2v) is 16.5. The molecule has 0 fully saturated rings. The molecule has 0 saturated heterocycles. The number of fused-ring (bicyclic) bond motifs is 8. The first-order valence-electron chi connectivity index (χ1n) is 21.4. The average molecular weight is 791 g/mol. The van der Waals surface area contributed by atoms with Gasteiger partial charge in [0.25, 0.3) is 0 Å². The van der Waals surface area contributed by atoms with Gasteiger partial charge in [0.1, 0.15) is 0 Å². The first-order chi connectivity index (χ1) is 30.8. The fraction of sp³-hybridized carbons (Fsp3) is 0.0345. The Hall–Kier alpha value is -8.08. The zero-order valence-corrected chi connectivity index (χ0v) is 33.8. The van der Waals surface area contributed by atoms with Crippen molar-refractivity contribution in [3.8, 4) is 22.5 Å². The highest BCUT2D eigenvalue weighted by Gasteiger charge is 2.28. The normalized spacial score (nSPS) is 13.0. The zero-order valence-electron chi connectivity index (χ0n) is 33.8. The topological polar surface area (TPSA) is 32.3 Å². The van der Waals surface area contributed by atoms with Crippen molar-refractivity contribution in [1.82, 2.24) is 9.97 Å². The van der Waals surface area contributed by atoms with Gasteiger partial charge in [0.2, 0.25) is 0 Å². The Balaban J connectivity index is 1.18. The molecule has 11 aromatic rings. The molecule has 2 aliphatic rings. The van der Waals surface area contributed by atoms with E-state index in [0.717, 1.165) is 89.8 Å². The van der Waals surface area contributed by atoms with Gasteiger partial charge < -0.3 is 9.80 Å². The molecule has 13 rings (SSSR count). The number of benzene rings is 9. The van der Waals surface area contributed by atoms with E-state index in [2.05, 4.69) is 204 Å². The van der Waals surface area contributed by atoms with E-state index in [-0.39, 0.29) is 0 Å². The first-order valence-corrected chi connectivity index (χ1v) is 21.4. The molecule has 62 heavy (non-hydrogen) atoms. The minimum absolute atomic E-state index is 0.900. The maximum atomic E-state index is 5.28. The van der Waals surface area contributed by atoms with E-state index in [0.29, 0.717) is 0 Å². The van der Waals surface area contributed by atoms with Crippen LogP contribution >= 0.6 is 0 Å². The Bertz CT molecular complexity index is 3280. The van der Waals surface area contributed by atoms with Crippen LogP contribution in [-0.2, 0) is 12.8 Å². The Labute approximate surface area is 359 Å². The minimum Gasteiger partial charge on any atom is -0.310 e. The number of aromatic nitrogens is 2. The van der Waals surface area contributed by atoms with E-state index >= 15 is 0 Å². The molecule has 0 amide bonds. The number of pyridine rings is 2. The summed E-state index contributed by atoms with van der Waals surface area (Å²) in [5.41, 5.74) is 16.5. The molecule has 4 heterocycles. The third kappa shape index (κ3) is 5.26. The van der Waals surface area contributed by atoms with Gasteiger partial charge in [-0.25, -0.2) is 0 Å². The van der Waals surface area contributed by atoms with Crippen molar-refractivity contribution in [2.45, 2.75) is 12.8 Å². The predicted molar refractivity (Wildman–Crippen MR) is 258 cm³/mol. The lowest BCUT2D eigenvalue weighted by molar-refractivity contribution is 1.09. The van der Waals surface area contributed by atoms with Crippen LogP contribution in [-0.4, -0.2) is 9.97 Å². The Morgan fingerprint density at radius 3 is 1.06 bits per heavy atom. The van der Waals surface area contributed by atoms with Gasteiger partial charge in [-0.1, -0.05) is 133 Å². The highest BCUT2D eigenvalue weighted by atomic mass is 15.2. The number of rotatable bonds is 4. The van der Waals surface area contributed by atoms with Crippen LogP contribution in [0.1, 0.15) is 22.3 Å². The molecule has 2 aromatic heterocycles. The van der Waals surface area contributed by atoms with Crippen LogP contribution in [0.4, 0.5) is 34.1 Å². The molecule has 0 unspecified atom stereocenters. The van der Waals surface area contributed by atoms with Gasteiger partial charge in [-0.2, -0.15) is 0 Å². The molecule has 0 spiro atoms. The largest absolute Gasteiger partial charge is 0.310 e.